The van der Waals surface area contributed by atoms with Gasteiger partial charge in [0.25, 0.3) is 5.69 Å². The summed E-state index contributed by atoms with van der Waals surface area (Å²) in [6.07, 6.45) is 0. The first-order valence-corrected chi connectivity index (χ1v) is 9.67. The average molecular weight is 395 g/mol. The molecule has 0 saturated heterocycles. The molecule has 10 heteroatoms. The van der Waals surface area contributed by atoms with E-state index < -0.39 is 18.3 Å². The number of nitro benzene ring substituents is 1. The van der Waals surface area contributed by atoms with Crippen LogP contribution in [0.2, 0.25) is 0 Å². The third-order valence-electron chi connectivity index (χ3n) is 3.33. The lowest BCUT2D eigenvalue weighted by atomic mass is 10.2. The number of hydrogen-bond donors (Lipinski definition) is 1. The predicted molar refractivity (Wildman–Crippen MR) is 101 cm³/mol. The van der Waals surface area contributed by atoms with Crippen LogP contribution < -0.4 is 5.43 Å². The summed E-state index contributed by atoms with van der Waals surface area (Å²) in [4.78, 5) is 10.2. The van der Waals surface area contributed by atoms with Gasteiger partial charge in [0.1, 0.15) is 5.82 Å². The van der Waals surface area contributed by atoms with Crippen molar-refractivity contribution in [1.29, 1.82) is 0 Å². The van der Waals surface area contributed by atoms with Crippen LogP contribution in [0.3, 0.4) is 0 Å². The Morgan fingerprint density at radius 3 is 2.15 bits per heavy atom. The van der Waals surface area contributed by atoms with E-state index >= 15 is 0 Å². The van der Waals surface area contributed by atoms with Crippen LogP contribution in [-0.4, -0.2) is 23.6 Å². The van der Waals surface area contributed by atoms with Gasteiger partial charge >= 0.3 is 7.60 Å². The fourth-order valence-corrected chi connectivity index (χ4v) is 3.79. The minimum atomic E-state index is -3.77. The summed E-state index contributed by atoms with van der Waals surface area (Å²) in [7, 11) is -3.77. The number of benzene rings is 2. The van der Waals surface area contributed by atoms with Crippen molar-refractivity contribution < 1.29 is 22.9 Å². The molecule has 8 nitrogen and oxygen atoms in total. The molecule has 0 aliphatic carbocycles. The van der Waals surface area contributed by atoms with E-state index in [0.29, 0.717) is 11.3 Å². The van der Waals surface area contributed by atoms with Gasteiger partial charge in [-0.25, -0.2) is 4.39 Å². The number of hydrogen-bond acceptors (Lipinski definition) is 7. The van der Waals surface area contributed by atoms with Crippen LogP contribution in [-0.2, 0) is 13.6 Å². The highest BCUT2D eigenvalue weighted by Crippen LogP contribution is 2.51. The number of non-ortho nitro benzene ring substituents is 1. The third kappa shape index (κ3) is 5.43. The number of rotatable bonds is 9. The van der Waals surface area contributed by atoms with Gasteiger partial charge in [0.2, 0.25) is 0 Å². The number of hydrazone groups is 1. The SMILES string of the molecule is CCOP(=O)(OCC)C(=NNc1ccc([N+](=O)[O-])cc1)c1ccc(F)cc1. The van der Waals surface area contributed by atoms with Crippen LogP contribution in [0.1, 0.15) is 19.4 Å². The third-order valence-corrected chi connectivity index (χ3v) is 5.40. The molecular weight excluding hydrogens is 376 g/mol. The minimum Gasteiger partial charge on any atom is -0.304 e. The molecule has 0 saturated carbocycles. The van der Waals surface area contributed by atoms with E-state index in [4.69, 9.17) is 9.05 Å². The Kier molecular flexibility index (Phi) is 7.18. The lowest BCUT2D eigenvalue weighted by molar-refractivity contribution is -0.384. The summed E-state index contributed by atoms with van der Waals surface area (Å²) < 4.78 is 37.1. The Labute approximate surface area is 155 Å². The van der Waals surface area contributed by atoms with Crippen LogP contribution >= 0.6 is 7.60 Å². The molecule has 0 unspecified atom stereocenters. The summed E-state index contributed by atoms with van der Waals surface area (Å²) in [5.74, 6) is -0.455. The molecule has 0 aromatic heterocycles. The van der Waals surface area contributed by atoms with Crippen molar-refractivity contribution in [2.24, 2.45) is 5.10 Å². The minimum absolute atomic E-state index is 0.0236. The molecule has 0 bridgehead atoms. The molecule has 2 aromatic carbocycles. The lowest BCUT2D eigenvalue weighted by Gasteiger charge is -2.19. The number of anilines is 1. The van der Waals surface area contributed by atoms with Gasteiger partial charge in [0.15, 0.2) is 5.45 Å². The summed E-state index contributed by atoms with van der Waals surface area (Å²) >= 11 is 0. The molecular formula is C17H19FN3O5P. The second-order valence-corrected chi connectivity index (χ2v) is 7.13. The van der Waals surface area contributed by atoms with Gasteiger partial charge < -0.3 is 9.05 Å². The maximum atomic E-state index is 13.3. The standard InChI is InChI=1S/C17H19FN3O5P/c1-3-25-27(24,26-4-2)17(13-5-7-14(18)8-6-13)20-19-15-9-11-16(12-10-15)21(22)23/h5-12,19H,3-4H2,1-2H3. The quantitative estimate of drug-likeness (QED) is 0.284. The molecule has 2 aromatic rings. The number of nitrogens with zero attached hydrogens (tertiary/aromatic N) is 2. The molecule has 0 atom stereocenters. The zero-order valence-electron chi connectivity index (χ0n) is 14.8. The highest BCUT2D eigenvalue weighted by atomic mass is 31.2. The number of nitro groups is 1. The van der Waals surface area contributed by atoms with Crippen molar-refractivity contribution in [2.75, 3.05) is 18.6 Å². The molecule has 0 aliphatic heterocycles. The van der Waals surface area contributed by atoms with E-state index in [2.05, 4.69) is 10.5 Å². The van der Waals surface area contributed by atoms with E-state index in [0.717, 1.165) is 0 Å². The van der Waals surface area contributed by atoms with Crippen LogP contribution in [0, 0.1) is 15.9 Å². The van der Waals surface area contributed by atoms with Gasteiger partial charge in [0, 0.05) is 17.7 Å². The van der Waals surface area contributed by atoms with E-state index in [9.17, 15) is 19.1 Å². The maximum Gasteiger partial charge on any atom is 0.381 e. The fourth-order valence-electron chi connectivity index (χ4n) is 2.16. The van der Waals surface area contributed by atoms with Gasteiger partial charge in [-0.15, -0.1) is 0 Å². The Balaban J connectivity index is 2.41. The predicted octanol–water partition coefficient (Wildman–Crippen LogP) is 4.77. The molecule has 0 fully saturated rings. The smallest absolute Gasteiger partial charge is 0.304 e. The van der Waals surface area contributed by atoms with Crippen molar-refractivity contribution in [3.05, 3.63) is 70.0 Å². The van der Waals surface area contributed by atoms with Crippen molar-refractivity contribution in [3.63, 3.8) is 0 Å². The van der Waals surface area contributed by atoms with Gasteiger partial charge in [-0.05, 0) is 50.2 Å². The second kappa shape index (κ2) is 9.36. The lowest BCUT2D eigenvalue weighted by Crippen LogP contribution is -2.11. The first-order chi connectivity index (χ1) is 12.9. The summed E-state index contributed by atoms with van der Waals surface area (Å²) in [6.45, 7) is 3.57. The van der Waals surface area contributed by atoms with Crippen LogP contribution in [0.4, 0.5) is 15.8 Å². The second-order valence-electron chi connectivity index (χ2n) is 5.19. The summed E-state index contributed by atoms with van der Waals surface area (Å²) in [5.41, 5.74) is 3.38. The molecule has 0 radical (unpaired) electrons. The molecule has 2 rings (SSSR count). The van der Waals surface area contributed by atoms with Crippen LogP contribution in [0.15, 0.2) is 53.6 Å². The Morgan fingerprint density at radius 2 is 1.67 bits per heavy atom. The van der Waals surface area contributed by atoms with Crippen LogP contribution in [0.5, 0.6) is 0 Å². The number of halogens is 1. The van der Waals surface area contributed by atoms with Crippen molar-refractivity contribution >= 4 is 24.4 Å². The molecule has 144 valence electrons. The van der Waals surface area contributed by atoms with E-state index in [1.807, 2.05) is 0 Å². The highest BCUT2D eigenvalue weighted by Gasteiger charge is 2.33. The normalized spacial score (nSPS) is 12.0. The van der Waals surface area contributed by atoms with Gasteiger partial charge in [-0.1, -0.05) is 0 Å². The Morgan fingerprint density at radius 1 is 1.11 bits per heavy atom. The summed E-state index contributed by atoms with van der Waals surface area (Å²) in [6, 6.07) is 10.8. The average Bonchev–Trinajstić information content (AvgIpc) is 2.64. The molecule has 0 spiro atoms. The molecule has 0 aliphatic rings. The van der Waals surface area contributed by atoms with Crippen molar-refractivity contribution in [1.82, 2.24) is 0 Å². The first kappa shape index (κ1) is 20.7. The van der Waals surface area contributed by atoms with Crippen molar-refractivity contribution in [2.45, 2.75) is 13.8 Å². The van der Waals surface area contributed by atoms with E-state index in [1.54, 1.807) is 13.8 Å². The highest BCUT2D eigenvalue weighted by molar-refractivity contribution is 7.73. The van der Waals surface area contributed by atoms with E-state index in [1.165, 1.54) is 48.5 Å². The fraction of sp³-hybridized carbons (Fsp3) is 0.235. The molecule has 0 heterocycles. The number of nitrogens with one attached hydrogen (secondary N) is 1. The molecule has 1 N–H and O–H groups in total. The zero-order valence-corrected chi connectivity index (χ0v) is 15.7. The summed E-state index contributed by atoms with van der Waals surface area (Å²) in [5, 5.41) is 14.9. The van der Waals surface area contributed by atoms with Gasteiger partial charge in [0.05, 0.1) is 23.8 Å². The monoisotopic (exact) mass is 395 g/mol. The molecule has 27 heavy (non-hydrogen) atoms. The topological polar surface area (TPSA) is 103 Å². The first-order valence-electron chi connectivity index (χ1n) is 8.13. The van der Waals surface area contributed by atoms with E-state index in [-0.39, 0.29) is 24.4 Å². The zero-order chi connectivity index (χ0) is 19.9. The maximum absolute atomic E-state index is 13.3. The van der Waals surface area contributed by atoms with Gasteiger partial charge in [-0.3, -0.25) is 20.1 Å². The molecule has 0 amide bonds. The Bertz CT molecular complexity index is 846. The Hall–Kier alpha value is -2.61. The largest absolute Gasteiger partial charge is 0.381 e. The van der Waals surface area contributed by atoms with Crippen molar-refractivity contribution in [3.8, 4) is 0 Å². The van der Waals surface area contributed by atoms with Gasteiger partial charge in [-0.2, -0.15) is 5.10 Å². The van der Waals surface area contributed by atoms with Crippen LogP contribution in [0.25, 0.3) is 0 Å².